The van der Waals surface area contributed by atoms with Crippen LogP contribution >= 0.6 is 15.9 Å². The molecule has 19 heavy (non-hydrogen) atoms. The second-order valence-corrected chi connectivity index (χ2v) is 5.52. The molecule has 3 heteroatoms. The molecule has 0 unspecified atom stereocenters. The summed E-state index contributed by atoms with van der Waals surface area (Å²) in [6.45, 7) is 5.16. The molecule has 0 bridgehead atoms. The van der Waals surface area contributed by atoms with Crippen LogP contribution in [0.4, 0.5) is 0 Å². The van der Waals surface area contributed by atoms with Crippen LogP contribution < -0.4 is 4.74 Å². The van der Waals surface area contributed by atoms with E-state index < -0.39 is 0 Å². The summed E-state index contributed by atoms with van der Waals surface area (Å²) in [5.41, 5.74) is 1.15. The largest absolute Gasteiger partial charge is 0.491 e. The van der Waals surface area contributed by atoms with Crippen LogP contribution in [0.5, 0.6) is 5.75 Å². The maximum Gasteiger partial charge on any atom is 0.145 e. The number of halogens is 1. The SMILES string of the molecule is CCC(CC)(CBr)COc1cccc2cccnc12. The standard InChI is InChI=1S/C16H20BrNO/c1-3-16(4-2,11-17)12-19-14-9-5-7-13-8-6-10-18-15(13)14/h5-10H,3-4,11-12H2,1-2H3. The molecular formula is C16H20BrNO. The number of hydrogen-bond acceptors (Lipinski definition) is 2. The molecule has 2 rings (SSSR count). The quantitative estimate of drug-likeness (QED) is 0.712. The van der Waals surface area contributed by atoms with Crippen LogP contribution in [-0.2, 0) is 0 Å². The number of aromatic nitrogens is 1. The summed E-state index contributed by atoms with van der Waals surface area (Å²) in [4.78, 5) is 4.42. The summed E-state index contributed by atoms with van der Waals surface area (Å²) in [6, 6.07) is 10.1. The van der Waals surface area contributed by atoms with Crippen molar-refractivity contribution >= 4 is 26.8 Å². The van der Waals surface area contributed by atoms with Crippen LogP contribution in [0.15, 0.2) is 36.5 Å². The number of para-hydroxylation sites is 1. The van der Waals surface area contributed by atoms with Crippen LogP contribution in [0.1, 0.15) is 26.7 Å². The summed E-state index contributed by atoms with van der Waals surface area (Å²) < 4.78 is 6.06. The van der Waals surface area contributed by atoms with Crippen LogP contribution in [0, 0.1) is 5.41 Å². The Morgan fingerprint density at radius 1 is 1.16 bits per heavy atom. The Bertz CT molecular complexity index is 524. The van der Waals surface area contributed by atoms with E-state index in [2.05, 4.69) is 46.9 Å². The zero-order valence-corrected chi connectivity index (χ0v) is 13.1. The predicted octanol–water partition coefficient (Wildman–Crippen LogP) is 4.81. The van der Waals surface area contributed by atoms with E-state index in [1.165, 1.54) is 0 Å². The van der Waals surface area contributed by atoms with Crippen LogP contribution in [0.25, 0.3) is 10.9 Å². The highest BCUT2D eigenvalue weighted by atomic mass is 79.9. The van der Waals surface area contributed by atoms with E-state index in [4.69, 9.17) is 4.74 Å². The Morgan fingerprint density at radius 2 is 1.89 bits per heavy atom. The number of alkyl halides is 1. The Kier molecular flexibility index (Phi) is 4.81. The number of rotatable bonds is 6. The normalized spacial score (nSPS) is 11.7. The van der Waals surface area contributed by atoms with Gasteiger partial charge >= 0.3 is 0 Å². The minimum atomic E-state index is 0.205. The molecule has 0 aliphatic rings. The molecule has 0 fully saturated rings. The maximum absolute atomic E-state index is 6.06. The Hall–Kier alpha value is -1.09. The summed E-state index contributed by atoms with van der Waals surface area (Å²) >= 11 is 3.62. The zero-order valence-electron chi connectivity index (χ0n) is 11.5. The average molecular weight is 322 g/mol. The van der Waals surface area contributed by atoms with Crippen LogP contribution in [0.3, 0.4) is 0 Å². The molecule has 0 radical (unpaired) electrons. The van der Waals surface area contributed by atoms with Gasteiger partial charge in [0.25, 0.3) is 0 Å². The van der Waals surface area contributed by atoms with Crippen molar-refractivity contribution in [2.75, 3.05) is 11.9 Å². The highest BCUT2D eigenvalue weighted by molar-refractivity contribution is 9.09. The van der Waals surface area contributed by atoms with Gasteiger partial charge in [0.2, 0.25) is 0 Å². The fraction of sp³-hybridized carbons (Fsp3) is 0.438. The van der Waals surface area contributed by atoms with E-state index in [1.807, 2.05) is 24.4 Å². The third kappa shape index (κ3) is 3.08. The van der Waals surface area contributed by atoms with Gasteiger partial charge in [-0.05, 0) is 25.0 Å². The van der Waals surface area contributed by atoms with Gasteiger partial charge in [-0.2, -0.15) is 0 Å². The molecule has 0 spiro atoms. The van der Waals surface area contributed by atoms with Gasteiger partial charge in [-0.15, -0.1) is 0 Å². The number of benzene rings is 1. The van der Waals surface area contributed by atoms with E-state index >= 15 is 0 Å². The summed E-state index contributed by atoms with van der Waals surface area (Å²) in [7, 11) is 0. The highest BCUT2D eigenvalue weighted by Gasteiger charge is 2.26. The molecule has 0 atom stereocenters. The first-order chi connectivity index (χ1) is 9.24. The molecule has 0 amide bonds. The van der Waals surface area contributed by atoms with E-state index in [9.17, 15) is 0 Å². The number of ether oxygens (including phenoxy) is 1. The molecule has 1 aromatic heterocycles. The number of pyridine rings is 1. The Morgan fingerprint density at radius 3 is 2.58 bits per heavy atom. The van der Waals surface area contributed by atoms with Crippen molar-refractivity contribution in [3.05, 3.63) is 36.5 Å². The molecule has 2 nitrogen and oxygen atoms in total. The lowest BCUT2D eigenvalue weighted by Crippen LogP contribution is -2.29. The van der Waals surface area contributed by atoms with Crippen molar-refractivity contribution in [1.82, 2.24) is 4.98 Å². The number of nitrogens with zero attached hydrogens (tertiary/aromatic N) is 1. The monoisotopic (exact) mass is 321 g/mol. The van der Waals surface area contributed by atoms with E-state index in [-0.39, 0.29) is 5.41 Å². The first-order valence-corrected chi connectivity index (χ1v) is 7.89. The van der Waals surface area contributed by atoms with Crippen molar-refractivity contribution in [1.29, 1.82) is 0 Å². The molecule has 0 aliphatic heterocycles. The molecule has 1 aromatic carbocycles. The summed E-state index contributed by atoms with van der Waals surface area (Å²) in [5.74, 6) is 0.880. The minimum Gasteiger partial charge on any atom is -0.491 e. The van der Waals surface area contributed by atoms with E-state index in [0.717, 1.165) is 41.4 Å². The molecule has 0 saturated heterocycles. The minimum absolute atomic E-state index is 0.205. The van der Waals surface area contributed by atoms with E-state index in [1.54, 1.807) is 0 Å². The second-order valence-electron chi connectivity index (χ2n) is 4.96. The van der Waals surface area contributed by atoms with Gasteiger partial charge in [0.05, 0.1) is 6.61 Å². The molecule has 0 N–H and O–H groups in total. The lowest BCUT2D eigenvalue weighted by molar-refractivity contribution is 0.159. The Balaban J connectivity index is 2.22. The lowest BCUT2D eigenvalue weighted by Gasteiger charge is -2.29. The molecule has 102 valence electrons. The predicted molar refractivity (Wildman–Crippen MR) is 84.0 cm³/mol. The van der Waals surface area contributed by atoms with Gasteiger partial charge in [-0.25, -0.2) is 0 Å². The molecule has 0 saturated carbocycles. The molecule has 1 heterocycles. The third-order valence-electron chi connectivity index (χ3n) is 3.91. The summed E-state index contributed by atoms with van der Waals surface area (Å²) in [6.07, 6.45) is 4.02. The van der Waals surface area contributed by atoms with Gasteiger partial charge in [0.1, 0.15) is 11.3 Å². The van der Waals surface area contributed by atoms with Crippen molar-refractivity contribution in [2.45, 2.75) is 26.7 Å². The van der Waals surface area contributed by atoms with Crippen LogP contribution in [-0.4, -0.2) is 16.9 Å². The molecule has 0 aliphatic carbocycles. The second kappa shape index (κ2) is 6.38. The smallest absolute Gasteiger partial charge is 0.145 e. The van der Waals surface area contributed by atoms with Gasteiger partial charge < -0.3 is 4.74 Å². The van der Waals surface area contributed by atoms with Crippen molar-refractivity contribution < 1.29 is 4.74 Å². The fourth-order valence-corrected chi connectivity index (χ4v) is 3.06. The molecule has 2 aromatic rings. The van der Waals surface area contributed by atoms with Crippen molar-refractivity contribution in [2.24, 2.45) is 5.41 Å². The topological polar surface area (TPSA) is 22.1 Å². The number of hydrogen-bond donors (Lipinski definition) is 0. The van der Waals surface area contributed by atoms with Gasteiger partial charge in [0.15, 0.2) is 0 Å². The van der Waals surface area contributed by atoms with Crippen molar-refractivity contribution in [3.63, 3.8) is 0 Å². The van der Waals surface area contributed by atoms with E-state index in [0.29, 0.717) is 0 Å². The highest BCUT2D eigenvalue weighted by Crippen LogP contribution is 2.31. The van der Waals surface area contributed by atoms with Crippen LogP contribution in [0.2, 0.25) is 0 Å². The van der Waals surface area contributed by atoms with Gasteiger partial charge in [-0.1, -0.05) is 48.0 Å². The zero-order chi connectivity index (χ0) is 13.7. The van der Waals surface area contributed by atoms with Gasteiger partial charge in [0, 0.05) is 22.3 Å². The fourth-order valence-electron chi connectivity index (χ4n) is 2.11. The maximum atomic E-state index is 6.06. The Labute approximate surface area is 123 Å². The van der Waals surface area contributed by atoms with Gasteiger partial charge in [-0.3, -0.25) is 4.98 Å². The first kappa shape index (κ1) is 14.3. The van der Waals surface area contributed by atoms with Crippen molar-refractivity contribution in [3.8, 4) is 5.75 Å². The third-order valence-corrected chi connectivity index (χ3v) is 5.10. The average Bonchev–Trinajstić information content (AvgIpc) is 2.49. The summed E-state index contributed by atoms with van der Waals surface area (Å²) in [5, 5.41) is 2.09. The first-order valence-electron chi connectivity index (χ1n) is 6.77. The number of fused-ring (bicyclic) bond motifs is 1. The lowest BCUT2D eigenvalue weighted by atomic mass is 9.86. The molecular weight excluding hydrogens is 302 g/mol.